The second-order valence-electron chi connectivity index (χ2n) is 12.4. The van der Waals surface area contributed by atoms with E-state index in [0.717, 1.165) is 31.4 Å². The molecule has 42 heavy (non-hydrogen) atoms. The fourth-order valence-electron chi connectivity index (χ4n) is 6.34. The molecule has 1 aromatic carbocycles. The molecule has 1 amide bonds. The van der Waals surface area contributed by atoms with E-state index in [4.69, 9.17) is 4.74 Å². The average molecular weight is 631 g/mol. The zero-order chi connectivity index (χ0) is 28.8. The first kappa shape index (κ1) is 34.6. The summed E-state index contributed by atoms with van der Waals surface area (Å²) in [5.41, 5.74) is 1.10. The quantitative estimate of drug-likeness (QED) is 0.505. The van der Waals surface area contributed by atoms with Gasteiger partial charge in [-0.3, -0.25) is 19.6 Å². The lowest BCUT2D eigenvalue weighted by Gasteiger charge is -2.46. The molecule has 2 aromatic rings. The fraction of sp³-hybridized carbons (Fsp3) is 0.600. The number of halogens is 4. The molecule has 2 saturated heterocycles. The highest BCUT2D eigenvalue weighted by Crippen LogP contribution is 2.41. The molecule has 5 rings (SSSR count). The molecule has 1 aromatic heterocycles. The van der Waals surface area contributed by atoms with Crippen LogP contribution in [0.15, 0.2) is 30.5 Å². The van der Waals surface area contributed by atoms with Crippen LogP contribution in [0.4, 0.5) is 14.5 Å². The minimum Gasteiger partial charge on any atom is -0.383 e. The van der Waals surface area contributed by atoms with Crippen molar-refractivity contribution in [1.29, 1.82) is 0 Å². The monoisotopic (exact) mass is 629 g/mol. The van der Waals surface area contributed by atoms with Gasteiger partial charge < -0.3 is 20.1 Å². The number of aliphatic hydroxyl groups excluding tert-OH is 1. The number of hydrogen-bond acceptors (Lipinski definition) is 7. The summed E-state index contributed by atoms with van der Waals surface area (Å²) in [6.07, 6.45) is 0.0764. The summed E-state index contributed by atoms with van der Waals surface area (Å²) < 4.78 is 34.0. The number of hydrogen-bond donors (Lipinski definition) is 2. The maximum absolute atomic E-state index is 14.4. The van der Waals surface area contributed by atoms with Crippen molar-refractivity contribution in [3.8, 4) is 0 Å². The number of anilines is 1. The molecule has 0 radical (unpaired) electrons. The number of pyridine rings is 1. The van der Waals surface area contributed by atoms with Gasteiger partial charge in [-0.05, 0) is 32.9 Å². The zero-order valence-electron chi connectivity index (χ0n) is 24.8. The Morgan fingerprint density at radius 1 is 1.19 bits per heavy atom. The molecule has 4 heterocycles. The number of ether oxygens (including phenoxy) is 1. The van der Waals surface area contributed by atoms with Crippen LogP contribution < -0.4 is 10.2 Å². The van der Waals surface area contributed by atoms with E-state index < -0.39 is 23.2 Å². The van der Waals surface area contributed by atoms with Crippen LogP contribution in [-0.2, 0) is 14.9 Å². The normalized spacial score (nSPS) is 26.6. The van der Waals surface area contributed by atoms with Crippen LogP contribution in [-0.4, -0.2) is 95.9 Å². The number of nitrogens with one attached hydrogen (secondary N) is 1. The number of aromatic nitrogens is 1. The van der Waals surface area contributed by atoms with E-state index in [-0.39, 0.29) is 54.9 Å². The maximum Gasteiger partial charge on any atom is 0.241 e. The highest BCUT2D eigenvalue weighted by molar-refractivity contribution is 5.97. The second kappa shape index (κ2) is 13.8. The number of rotatable bonds is 6. The molecule has 3 aliphatic rings. The second-order valence-corrected chi connectivity index (χ2v) is 12.4. The molecule has 5 atom stereocenters. The minimum absolute atomic E-state index is 0. The van der Waals surface area contributed by atoms with Crippen LogP contribution in [0.25, 0.3) is 0 Å². The number of carbonyl (C=O) groups excluding carboxylic acids is 1. The van der Waals surface area contributed by atoms with Gasteiger partial charge in [0.1, 0.15) is 6.10 Å². The van der Waals surface area contributed by atoms with Gasteiger partial charge in [0.2, 0.25) is 5.91 Å². The number of piperazine rings is 1. The van der Waals surface area contributed by atoms with E-state index in [1.54, 1.807) is 11.0 Å². The number of aliphatic hydroxyl groups is 1. The van der Waals surface area contributed by atoms with Crippen molar-refractivity contribution in [1.82, 2.24) is 20.1 Å². The van der Waals surface area contributed by atoms with E-state index in [0.29, 0.717) is 43.1 Å². The van der Waals surface area contributed by atoms with E-state index in [1.165, 1.54) is 18.3 Å². The van der Waals surface area contributed by atoms with Gasteiger partial charge in [-0.1, -0.05) is 26.0 Å². The molecule has 0 saturated carbocycles. The molecule has 2 N–H and O–H groups in total. The highest BCUT2D eigenvalue weighted by Gasteiger charge is 2.41. The molecule has 2 fully saturated rings. The van der Waals surface area contributed by atoms with Gasteiger partial charge in [0.25, 0.3) is 0 Å². The first-order valence-corrected chi connectivity index (χ1v) is 14.2. The third-order valence-corrected chi connectivity index (χ3v) is 8.60. The Hall–Kier alpha value is -1.92. The van der Waals surface area contributed by atoms with E-state index in [1.807, 2.05) is 13.8 Å². The third-order valence-electron chi connectivity index (χ3n) is 8.60. The number of nitrogens with zero attached hydrogens (tertiary/aromatic N) is 4. The van der Waals surface area contributed by atoms with Gasteiger partial charge in [0.15, 0.2) is 11.6 Å². The van der Waals surface area contributed by atoms with Gasteiger partial charge in [-0.25, -0.2) is 8.78 Å². The Kier molecular flexibility index (Phi) is 11.4. The lowest BCUT2D eigenvalue weighted by molar-refractivity contribution is -0.121. The van der Waals surface area contributed by atoms with Crippen LogP contribution >= 0.6 is 24.8 Å². The van der Waals surface area contributed by atoms with Crippen LogP contribution in [0.5, 0.6) is 0 Å². The van der Waals surface area contributed by atoms with Crippen molar-refractivity contribution >= 4 is 36.4 Å². The first-order valence-electron chi connectivity index (χ1n) is 14.2. The Bertz CT molecular complexity index is 1250. The summed E-state index contributed by atoms with van der Waals surface area (Å²) in [7, 11) is 0. The Morgan fingerprint density at radius 3 is 2.57 bits per heavy atom. The van der Waals surface area contributed by atoms with Gasteiger partial charge in [0.05, 0.1) is 31.1 Å². The highest BCUT2D eigenvalue weighted by atomic mass is 35.5. The van der Waals surface area contributed by atoms with Crippen LogP contribution in [0, 0.1) is 11.6 Å². The topological polar surface area (TPSA) is 81.2 Å². The van der Waals surface area contributed by atoms with Crippen molar-refractivity contribution in [3.05, 3.63) is 58.9 Å². The van der Waals surface area contributed by atoms with Crippen molar-refractivity contribution in [2.45, 2.75) is 70.3 Å². The molecule has 3 aliphatic heterocycles. The molecule has 0 aliphatic carbocycles. The third kappa shape index (κ3) is 6.90. The van der Waals surface area contributed by atoms with E-state index in [2.05, 4.69) is 40.9 Å². The molecular formula is C30H43Cl2F2N5O3. The van der Waals surface area contributed by atoms with Gasteiger partial charge in [-0.15, -0.1) is 24.8 Å². The lowest BCUT2D eigenvalue weighted by Crippen LogP contribution is -2.63. The molecule has 234 valence electrons. The molecule has 5 unspecified atom stereocenters. The average Bonchev–Trinajstić information content (AvgIpc) is 3.19. The number of morpholine rings is 1. The van der Waals surface area contributed by atoms with Crippen LogP contribution in [0.1, 0.15) is 57.5 Å². The molecule has 12 heteroatoms. The zero-order valence-corrected chi connectivity index (χ0v) is 26.5. The summed E-state index contributed by atoms with van der Waals surface area (Å²) >= 11 is 0. The van der Waals surface area contributed by atoms with Crippen molar-refractivity contribution in [3.63, 3.8) is 0 Å². The van der Waals surface area contributed by atoms with Crippen LogP contribution in [0.3, 0.4) is 0 Å². The first-order chi connectivity index (χ1) is 19.0. The largest absolute Gasteiger partial charge is 0.383 e. The van der Waals surface area contributed by atoms with Gasteiger partial charge in [0, 0.05) is 73.1 Å². The fourth-order valence-corrected chi connectivity index (χ4v) is 6.34. The predicted molar refractivity (Wildman–Crippen MR) is 164 cm³/mol. The lowest BCUT2D eigenvalue weighted by atomic mass is 9.90. The molecule has 0 spiro atoms. The Balaban J connectivity index is 0.00000242. The van der Waals surface area contributed by atoms with Crippen LogP contribution in [0.2, 0.25) is 0 Å². The van der Waals surface area contributed by atoms with Crippen molar-refractivity contribution in [2.75, 3.05) is 50.8 Å². The summed E-state index contributed by atoms with van der Waals surface area (Å²) in [6.45, 7) is 15.1. The van der Waals surface area contributed by atoms with E-state index in [9.17, 15) is 18.7 Å². The van der Waals surface area contributed by atoms with Crippen molar-refractivity contribution < 1.29 is 23.4 Å². The van der Waals surface area contributed by atoms with Gasteiger partial charge >= 0.3 is 0 Å². The molecular weight excluding hydrogens is 587 g/mol. The standard InChI is InChI=1S/C30H41F2N5O3.2ClH/c1-18-12-35(22(11-33-18)13-36-19(2)15-40-16-20(36)3)14-26(38)37-17-30(4,5)29-25(37)9-21(10-34-29)28(39)23-7-6-8-24(31)27(23)32;;/h6-10,18-20,22,28,33,39H,11-17H2,1-5H3;2*1H. The molecule has 0 bridgehead atoms. The summed E-state index contributed by atoms with van der Waals surface area (Å²) in [5.74, 6) is -2.16. The van der Waals surface area contributed by atoms with E-state index >= 15 is 0 Å². The smallest absolute Gasteiger partial charge is 0.241 e. The number of amides is 1. The Morgan fingerprint density at radius 2 is 1.88 bits per heavy atom. The predicted octanol–water partition coefficient (Wildman–Crippen LogP) is 3.68. The van der Waals surface area contributed by atoms with Crippen molar-refractivity contribution in [2.24, 2.45) is 0 Å². The van der Waals surface area contributed by atoms with Gasteiger partial charge in [-0.2, -0.15) is 0 Å². The number of benzene rings is 1. The SMILES string of the molecule is CC1CN(CC(=O)N2CC(C)(C)c3ncc(C(O)c4cccc(F)c4F)cc32)C(CN2C(C)COCC2C)CN1.Cl.Cl. The number of carbonyl (C=O) groups is 1. The summed E-state index contributed by atoms with van der Waals surface area (Å²) in [5, 5.41) is 14.5. The minimum atomic E-state index is -1.41. The number of fused-ring (bicyclic) bond motifs is 1. The maximum atomic E-state index is 14.4. The summed E-state index contributed by atoms with van der Waals surface area (Å²) in [6, 6.07) is 6.47. The Labute approximate surface area is 259 Å². The summed E-state index contributed by atoms with van der Waals surface area (Å²) in [4.78, 5) is 25.0. The molecule has 8 nitrogen and oxygen atoms in total.